The van der Waals surface area contributed by atoms with Crippen molar-refractivity contribution in [2.45, 2.75) is 12.8 Å². The van der Waals surface area contributed by atoms with Crippen molar-refractivity contribution < 1.29 is 22.8 Å². The number of amides is 1. The molecule has 1 N–H and O–H groups in total. The van der Waals surface area contributed by atoms with Gasteiger partial charge in [0.25, 0.3) is 5.91 Å². The summed E-state index contributed by atoms with van der Waals surface area (Å²) in [5.41, 5.74) is 0.942. The smallest absolute Gasteiger partial charge is 0.262 e. The Morgan fingerprint density at radius 1 is 1.00 bits per heavy atom. The van der Waals surface area contributed by atoms with E-state index in [9.17, 15) is 22.8 Å². The summed E-state index contributed by atoms with van der Waals surface area (Å²) in [4.78, 5) is 30.8. The van der Waals surface area contributed by atoms with Gasteiger partial charge < -0.3 is 4.90 Å². The molecule has 0 spiro atoms. The zero-order valence-electron chi connectivity index (χ0n) is 19.4. The molecule has 2 aromatic heterocycles. The van der Waals surface area contributed by atoms with Gasteiger partial charge in [0.15, 0.2) is 0 Å². The highest BCUT2D eigenvalue weighted by Crippen LogP contribution is 2.22. The number of anilines is 1. The molecule has 0 aliphatic carbocycles. The maximum Gasteiger partial charge on any atom is 0.262 e. The van der Waals surface area contributed by atoms with E-state index in [1.54, 1.807) is 36.7 Å². The van der Waals surface area contributed by atoms with Gasteiger partial charge in [-0.15, -0.1) is 0 Å². The van der Waals surface area contributed by atoms with Gasteiger partial charge in [0.1, 0.15) is 17.4 Å². The maximum absolute atomic E-state index is 14.0. The van der Waals surface area contributed by atoms with E-state index in [1.807, 2.05) is 4.90 Å². The van der Waals surface area contributed by atoms with Crippen molar-refractivity contribution >= 4 is 21.9 Å². The molecule has 1 fully saturated rings. The lowest BCUT2D eigenvalue weighted by Crippen LogP contribution is -2.51. The number of piperazine rings is 1. The molecule has 3 heterocycles. The normalized spacial score (nSPS) is 14.6. The first-order valence-corrected chi connectivity index (χ1v) is 13.0. The van der Waals surface area contributed by atoms with E-state index in [0.29, 0.717) is 53.9 Å². The lowest BCUT2D eigenvalue weighted by atomic mass is 10.1. The van der Waals surface area contributed by atoms with Crippen molar-refractivity contribution in [3.8, 4) is 11.1 Å². The van der Waals surface area contributed by atoms with Crippen LogP contribution in [-0.2, 0) is 21.2 Å². The predicted octanol–water partition coefficient (Wildman–Crippen LogP) is 1.38. The molecule has 11 nitrogen and oxygen atoms in total. The Labute approximate surface area is 208 Å². The first kappa shape index (κ1) is 25.5. The Hall–Kier alpha value is -3.55. The number of aryl methyl sites for hydroxylation is 1. The Balaban J connectivity index is 1.26. The van der Waals surface area contributed by atoms with Gasteiger partial charge in [-0.05, 0) is 18.6 Å². The molecule has 36 heavy (non-hydrogen) atoms. The average Bonchev–Trinajstić information content (AvgIpc) is 2.89. The van der Waals surface area contributed by atoms with Gasteiger partial charge >= 0.3 is 0 Å². The summed E-state index contributed by atoms with van der Waals surface area (Å²) in [7, 11) is -3.91. The van der Waals surface area contributed by atoms with Gasteiger partial charge in [-0.1, -0.05) is 18.2 Å². The summed E-state index contributed by atoms with van der Waals surface area (Å²) in [6.45, 7) is 0.912. The van der Waals surface area contributed by atoms with E-state index >= 15 is 0 Å². The summed E-state index contributed by atoms with van der Waals surface area (Å²) in [5, 5.41) is 10.4. The topological polar surface area (TPSA) is 133 Å². The fourth-order valence-electron chi connectivity index (χ4n) is 3.78. The minimum atomic E-state index is -3.91. The highest BCUT2D eigenvalue weighted by molar-refractivity contribution is 7.89. The summed E-state index contributed by atoms with van der Waals surface area (Å²) < 4.78 is 40.7. The van der Waals surface area contributed by atoms with Crippen molar-refractivity contribution in [1.82, 2.24) is 29.3 Å². The van der Waals surface area contributed by atoms with Gasteiger partial charge in [0.2, 0.25) is 16.0 Å². The largest absolute Gasteiger partial charge is 0.338 e. The molecule has 3 aromatic rings. The summed E-state index contributed by atoms with van der Waals surface area (Å²) >= 11 is 0. The number of hydroxylamine groups is 2. The maximum atomic E-state index is 14.0. The minimum Gasteiger partial charge on any atom is -0.338 e. The second kappa shape index (κ2) is 11.5. The summed E-state index contributed by atoms with van der Waals surface area (Å²) in [6, 6.07) is 8.03. The molecule has 0 unspecified atom stereocenters. The highest BCUT2D eigenvalue weighted by atomic mass is 32.2. The van der Waals surface area contributed by atoms with E-state index in [0.717, 1.165) is 0 Å². The third-order valence-corrected chi connectivity index (χ3v) is 7.48. The Bertz CT molecular complexity index is 1270. The lowest BCUT2D eigenvalue weighted by molar-refractivity contribution is -0.162. The summed E-state index contributed by atoms with van der Waals surface area (Å²) in [6.07, 6.45) is 7.10. The molecule has 1 aliphatic rings. The van der Waals surface area contributed by atoms with E-state index in [-0.39, 0.29) is 25.5 Å². The van der Waals surface area contributed by atoms with Crippen LogP contribution in [0.5, 0.6) is 0 Å². The van der Waals surface area contributed by atoms with Crippen molar-refractivity contribution in [3.05, 3.63) is 66.8 Å². The van der Waals surface area contributed by atoms with Gasteiger partial charge in [-0.3, -0.25) is 10.0 Å². The number of aromatic nitrogens is 4. The fourth-order valence-corrected chi connectivity index (χ4v) is 5.14. The third kappa shape index (κ3) is 6.36. The molecule has 1 saturated heterocycles. The van der Waals surface area contributed by atoms with E-state index < -0.39 is 21.7 Å². The second-order valence-corrected chi connectivity index (χ2v) is 10.1. The second-order valence-electron chi connectivity index (χ2n) is 8.18. The van der Waals surface area contributed by atoms with Gasteiger partial charge in [0.05, 0.1) is 0 Å². The molecule has 13 heteroatoms. The predicted molar refractivity (Wildman–Crippen MR) is 129 cm³/mol. The van der Waals surface area contributed by atoms with Crippen LogP contribution < -0.4 is 4.90 Å². The van der Waals surface area contributed by atoms with Gasteiger partial charge in [0, 0.05) is 75.1 Å². The van der Waals surface area contributed by atoms with Crippen LogP contribution in [0, 0.1) is 5.82 Å². The Morgan fingerprint density at radius 2 is 1.67 bits per heavy atom. The third-order valence-electron chi connectivity index (χ3n) is 5.72. The number of rotatable bonds is 9. The molecule has 1 aliphatic heterocycles. The standard InChI is InChI=1S/C23H26FN7O4S/c24-20-6-2-1-5-19(20)18-15-27-23(28-16-18)29-11-13-30(14-12-29)36(34,35)17-22(32)31(33)10-3-7-21-25-8-4-9-26-21/h1-2,4-6,8-9,15-16,33H,3,7,10-14,17H2. The molecular formula is C23H26FN7O4S. The fraction of sp³-hybridized carbons (Fsp3) is 0.348. The van der Waals surface area contributed by atoms with Crippen molar-refractivity contribution in [1.29, 1.82) is 0 Å². The molecule has 190 valence electrons. The van der Waals surface area contributed by atoms with Crippen LogP contribution in [0.15, 0.2) is 55.1 Å². The number of hydrogen-bond donors (Lipinski definition) is 1. The van der Waals surface area contributed by atoms with Crippen LogP contribution in [0.1, 0.15) is 12.2 Å². The molecule has 0 saturated carbocycles. The number of halogens is 1. The van der Waals surface area contributed by atoms with E-state index in [2.05, 4.69) is 19.9 Å². The molecule has 1 aromatic carbocycles. The Morgan fingerprint density at radius 3 is 2.33 bits per heavy atom. The van der Waals surface area contributed by atoms with E-state index in [4.69, 9.17) is 0 Å². The van der Waals surface area contributed by atoms with Crippen LogP contribution in [0.25, 0.3) is 11.1 Å². The Kier molecular flexibility index (Phi) is 8.13. The van der Waals surface area contributed by atoms with Crippen LogP contribution >= 0.6 is 0 Å². The number of benzene rings is 1. The van der Waals surface area contributed by atoms with Crippen LogP contribution in [-0.4, -0.2) is 87.3 Å². The van der Waals surface area contributed by atoms with Crippen molar-refractivity contribution in [2.75, 3.05) is 43.4 Å². The van der Waals surface area contributed by atoms with Crippen LogP contribution in [0.3, 0.4) is 0 Å². The molecule has 0 atom stereocenters. The zero-order valence-corrected chi connectivity index (χ0v) is 20.3. The first-order valence-electron chi connectivity index (χ1n) is 11.4. The monoisotopic (exact) mass is 515 g/mol. The van der Waals surface area contributed by atoms with Gasteiger partial charge in [-0.2, -0.15) is 4.31 Å². The zero-order chi connectivity index (χ0) is 25.5. The van der Waals surface area contributed by atoms with Crippen molar-refractivity contribution in [2.24, 2.45) is 0 Å². The molecule has 0 radical (unpaired) electrons. The minimum absolute atomic E-state index is 0.0272. The molecule has 4 rings (SSSR count). The summed E-state index contributed by atoms with van der Waals surface area (Å²) in [5.74, 6) is -1.09. The SMILES string of the molecule is O=C(CS(=O)(=O)N1CCN(c2ncc(-c3ccccc3F)cn2)CC1)N(O)CCCc1ncccn1. The highest BCUT2D eigenvalue weighted by Gasteiger charge is 2.31. The lowest BCUT2D eigenvalue weighted by Gasteiger charge is -2.34. The molecule has 0 bridgehead atoms. The number of nitrogens with zero attached hydrogens (tertiary/aromatic N) is 7. The van der Waals surface area contributed by atoms with Crippen LogP contribution in [0.2, 0.25) is 0 Å². The number of hydrogen-bond acceptors (Lipinski definition) is 9. The number of carbonyl (C=O) groups is 1. The average molecular weight is 516 g/mol. The number of sulfonamides is 1. The van der Waals surface area contributed by atoms with Gasteiger partial charge in [-0.25, -0.2) is 37.8 Å². The molecular weight excluding hydrogens is 489 g/mol. The quantitative estimate of drug-likeness (QED) is 0.331. The number of carbonyl (C=O) groups excluding carboxylic acids is 1. The van der Waals surface area contributed by atoms with Crippen LogP contribution in [0.4, 0.5) is 10.3 Å². The van der Waals surface area contributed by atoms with E-state index in [1.165, 1.54) is 22.8 Å². The molecule has 1 amide bonds. The van der Waals surface area contributed by atoms with Crippen molar-refractivity contribution in [3.63, 3.8) is 0 Å². The first-order chi connectivity index (χ1) is 17.3.